The Morgan fingerprint density at radius 1 is 1.03 bits per heavy atom. The first-order chi connectivity index (χ1) is 14.3. The van der Waals surface area contributed by atoms with Gasteiger partial charge in [-0.3, -0.25) is 4.79 Å². The maximum atomic E-state index is 12.8. The maximum Gasteiger partial charge on any atom is 0.278 e. The third kappa shape index (κ3) is 4.11. The molecule has 0 aliphatic heterocycles. The second-order valence-electron chi connectivity index (χ2n) is 6.71. The molecule has 2 heterocycles. The zero-order chi connectivity index (χ0) is 20.1. The average Bonchev–Trinajstić information content (AvgIpc) is 3.19. The van der Waals surface area contributed by atoms with E-state index in [0.717, 1.165) is 24.2 Å². The number of carbonyl (C=O) groups is 1. The van der Waals surface area contributed by atoms with E-state index in [4.69, 9.17) is 0 Å². The molecule has 0 unspecified atom stereocenters. The minimum absolute atomic E-state index is 0.156. The minimum atomic E-state index is -0.156. The van der Waals surface area contributed by atoms with E-state index in [9.17, 15) is 4.79 Å². The van der Waals surface area contributed by atoms with Gasteiger partial charge >= 0.3 is 0 Å². The van der Waals surface area contributed by atoms with Gasteiger partial charge in [0, 0.05) is 35.9 Å². The largest absolute Gasteiger partial charge is 0.368 e. The first kappa shape index (κ1) is 18.7. The summed E-state index contributed by atoms with van der Waals surface area (Å²) in [6.45, 7) is 3.24. The first-order valence-electron chi connectivity index (χ1n) is 9.74. The van der Waals surface area contributed by atoms with E-state index in [1.165, 1.54) is 17.1 Å². The highest BCUT2D eigenvalue weighted by Gasteiger charge is 2.17. The summed E-state index contributed by atoms with van der Waals surface area (Å²) in [7, 11) is 0. The monoisotopic (exact) mass is 385 g/mol. The molecule has 0 aliphatic carbocycles. The van der Waals surface area contributed by atoms with E-state index in [0.29, 0.717) is 18.1 Å². The molecule has 4 aromatic rings. The molecule has 29 heavy (non-hydrogen) atoms. The SMILES string of the molecule is CCN(C(=O)c1cnc(NCCc2c[nH]c3ccccc23)cn1)c1ccccc1. The van der Waals surface area contributed by atoms with Crippen LogP contribution >= 0.6 is 0 Å². The molecule has 2 aromatic heterocycles. The summed E-state index contributed by atoms with van der Waals surface area (Å²) in [5.41, 5.74) is 3.58. The fraction of sp³-hybridized carbons (Fsp3) is 0.174. The number of rotatable bonds is 7. The number of H-pyrrole nitrogens is 1. The highest BCUT2D eigenvalue weighted by molar-refractivity contribution is 6.04. The van der Waals surface area contributed by atoms with Crippen LogP contribution in [0, 0.1) is 0 Å². The van der Waals surface area contributed by atoms with E-state index in [-0.39, 0.29) is 5.91 Å². The van der Waals surface area contributed by atoms with Gasteiger partial charge in [-0.05, 0) is 37.1 Å². The van der Waals surface area contributed by atoms with E-state index in [2.05, 4.69) is 32.4 Å². The quantitative estimate of drug-likeness (QED) is 0.498. The van der Waals surface area contributed by atoms with Gasteiger partial charge in [-0.15, -0.1) is 0 Å². The summed E-state index contributed by atoms with van der Waals surface area (Å²) >= 11 is 0. The number of benzene rings is 2. The molecule has 0 saturated carbocycles. The fourth-order valence-corrected chi connectivity index (χ4v) is 3.38. The summed E-state index contributed by atoms with van der Waals surface area (Å²) in [5, 5.41) is 4.51. The Morgan fingerprint density at radius 2 is 1.83 bits per heavy atom. The van der Waals surface area contributed by atoms with E-state index in [1.807, 2.05) is 55.6 Å². The second-order valence-corrected chi connectivity index (χ2v) is 6.71. The third-order valence-corrected chi connectivity index (χ3v) is 4.88. The van der Waals surface area contributed by atoms with Gasteiger partial charge in [0.25, 0.3) is 5.91 Å². The number of para-hydroxylation sites is 2. The average molecular weight is 385 g/mol. The number of nitrogens with one attached hydrogen (secondary N) is 2. The maximum absolute atomic E-state index is 12.8. The van der Waals surface area contributed by atoms with Crippen molar-refractivity contribution in [2.75, 3.05) is 23.3 Å². The van der Waals surface area contributed by atoms with Crippen LogP contribution < -0.4 is 10.2 Å². The summed E-state index contributed by atoms with van der Waals surface area (Å²) in [6.07, 6.45) is 6.05. The molecule has 0 bridgehead atoms. The van der Waals surface area contributed by atoms with Crippen LogP contribution in [0.5, 0.6) is 0 Å². The highest BCUT2D eigenvalue weighted by atomic mass is 16.2. The smallest absolute Gasteiger partial charge is 0.278 e. The molecule has 146 valence electrons. The van der Waals surface area contributed by atoms with Crippen molar-refractivity contribution in [3.05, 3.63) is 84.4 Å². The van der Waals surface area contributed by atoms with Crippen LogP contribution in [0.25, 0.3) is 10.9 Å². The van der Waals surface area contributed by atoms with Crippen molar-refractivity contribution in [2.45, 2.75) is 13.3 Å². The van der Waals surface area contributed by atoms with Crippen LogP contribution in [0.4, 0.5) is 11.5 Å². The topological polar surface area (TPSA) is 73.9 Å². The van der Waals surface area contributed by atoms with Crippen molar-refractivity contribution in [3.63, 3.8) is 0 Å². The standard InChI is InChI=1S/C23H23N5O/c1-2-28(18-8-4-3-5-9-18)23(29)21-15-27-22(16-26-21)24-13-12-17-14-25-20-11-7-6-10-19(17)20/h3-11,14-16,25H,2,12-13H2,1H3,(H,24,27). The Kier molecular flexibility index (Phi) is 5.52. The lowest BCUT2D eigenvalue weighted by atomic mass is 10.1. The van der Waals surface area contributed by atoms with E-state index >= 15 is 0 Å². The Morgan fingerprint density at radius 3 is 2.59 bits per heavy atom. The van der Waals surface area contributed by atoms with Gasteiger partial charge in [0.15, 0.2) is 0 Å². The summed E-state index contributed by atoms with van der Waals surface area (Å²) in [4.78, 5) is 26.4. The third-order valence-electron chi connectivity index (χ3n) is 4.88. The Balaban J connectivity index is 1.38. The normalized spacial score (nSPS) is 10.8. The Labute approximate surface area is 169 Å². The van der Waals surface area contributed by atoms with Crippen LogP contribution in [0.1, 0.15) is 23.0 Å². The summed E-state index contributed by atoms with van der Waals surface area (Å²) in [6, 6.07) is 17.8. The van der Waals surface area contributed by atoms with Crippen molar-refractivity contribution < 1.29 is 4.79 Å². The van der Waals surface area contributed by atoms with Gasteiger partial charge < -0.3 is 15.2 Å². The van der Waals surface area contributed by atoms with Gasteiger partial charge in [0.1, 0.15) is 11.5 Å². The number of carbonyl (C=O) groups excluding carboxylic acids is 1. The van der Waals surface area contributed by atoms with Gasteiger partial charge in [-0.2, -0.15) is 0 Å². The van der Waals surface area contributed by atoms with Crippen molar-refractivity contribution in [1.29, 1.82) is 0 Å². The molecule has 0 aliphatic rings. The number of anilines is 2. The molecule has 1 amide bonds. The van der Waals surface area contributed by atoms with Crippen molar-refractivity contribution in [3.8, 4) is 0 Å². The highest BCUT2D eigenvalue weighted by Crippen LogP contribution is 2.18. The molecule has 4 rings (SSSR count). The van der Waals surface area contributed by atoms with Gasteiger partial charge in [0.05, 0.1) is 12.4 Å². The van der Waals surface area contributed by atoms with Crippen LogP contribution in [0.15, 0.2) is 73.2 Å². The van der Waals surface area contributed by atoms with Gasteiger partial charge in [0.2, 0.25) is 0 Å². The summed E-state index contributed by atoms with van der Waals surface area (Å²) in [5.74, 6) is 0.501. The molecule has 0 saturated heterocycles. The number of aromatic amines is 1. The molecular formula is C23H23N5O. The molecule has 6 nitrogen and oxygen atoms in total. The number of fused-ring (bicyclic) bond motifs is 1. The lowest BCUT2D eigenvalue weighted by Crippen LogP contribution is -2.31. The first-order valence-corrected chi connectivity index (χ1v) is 9.74. The number of aromatic nitrogens is 3. The van der Waals surface area contributed by atoms with Gasteiger partial charge in [-0.25, -0.2) is 9.97 Å². The number of hydrogen-bond donors (Lipinski definition) is 2. The molecule has 2 N–H and O–H groups in total. The minimum Gasteiger partial charge on any atom is -0.368 e. The molecular weight excluding hydrogens is 362 g/mol. The zero-order valence-corrected chi connectivity index (χ0v) is 16.3. The number of nitrogens with zero attached hydrogens (tertiary/aromatic N) is 3. The van der Waals surface area contributed by atoms with Crippen LogP contribution in [-0.2, 0) is 6.42 Å². The molecule has 0 radical (unpaired) electrons. The zero-order valence-electron chi connectivity index (χ0n) is 16.3. The van der Waals surface area contributed by atoms with Crippen molar-refractivity contribution in [2.24, 2.45) is 0 Å². The molecule has 0 atom stereocenters. The van der Waals surface area contributed by atoms with Crippen LogP contribution in [0.3, 0.4) is 0 Å². The van der Waals surface area contributed by atoms with E-state index in [1.54, 1.807) is 11.1 Å². The number of amides is 1. The van der Waals surface area contributed by atoms with E-state index < -0.39 is 0 Å². The number of hydrogen-bond acceptors (Lipinski definition) is 4. The lowest BCUT2D eigenvalue weighted by molar-refractivity contribution is 0.0983. The molecule has 0 fully saturated rings. The van der Waals surface area contributed by atoms with Gasteiger partial charge in [-0.1, -0.05) is 36.4 Å². The lowest BCUT2D eigenvalue weighted by Gasteiger charge is -2.20. The van der Waals surface area contributed by atoms with Crippen LogP contribution in [-0.4, -0.2) is 33.9 Å². The predicted octanol–water partition coefficient (Wildman–Crippen LogP) is 4.28. The fourth-order valence-electron chi connectivity index (χ4n) is 3.38. The molecule has 6 heteroatoms. The van der Waals surface area contributed by atoms with Crippen molar-refractivity contribution >= 4 is 28.3 Å². The molecule has 0 spiro atoms. The van der Waals surface area contributed by atoms with Crippen LogP contribution in [0.2, 0.25) is 0 Å². The second kappa shape index (κ2) is 8.56. The predicted molar refractivity (Wildman–Crippen MR) is 116 cm³/mol. The molecule has 2 aromatic carbocycles. The summed E-state index contributed by atoms with van der Waals surface area (Å²) < 4.78 is 0. The Bertz CT molecular complexity index is 1090. The van der Waals surface area contributed by atoms with Crippen molar-refractivity contribution in [1.82, 2.24) is 15.0 Å². The Hall–Kier alpha value is -3.67.